The number of terminal acetylenes is 1. The Balaban J connectivity index is 2.51. The summed E-state index contributed by atoms with van der Waals surface area (Å²) < 4.78 is 2.07. The van der Waals surface area contributed by atoms with Crippen LogP contribution >= 0.6 is 0 Å². The predicted octanol–water partition coefficient (Wildman–Crippen LogP) is 1.23. The van der Waals surface area contributed by atoms with E-state index in [1.165, 1.54) is 11.4 Å². The Bertz CT molecular complexity index is 333. The number of nitrogens with zero attached hydrogens (tertiary/aromatic N) is 2. The molecule has 0 saturated heterocycles. The molecule has 0 aromatic carbocycles. The molecule has 0 amide bonds. The van der Waals surface area contributed by atoms with E-state index in [0.717, 1.165) is 25.9 Å². The van der Waals surface area contributed by atoms with Crippen LogP contribution in [0.2, 0.25) is 0 Å². The quantitative estimate of drug-likeness (QED) is 0.559. The molecule has 0 saturated carbocycles. The van der Waals surface area contributed by atoms with E-state index in [1.54, 1.807) is 0 Å². The Morgan fingerprint density at radius 3 is 2.87 bits per heavy atom. The summed E-state index contributed by atoms with van der Waals surface area (Å²) in [7, 11) is 0. The van der Waals surface area contributed by atoms with Gasteiger partial charge in [0.25, 0.3) is 0 Å². The van der Waals surface area contributed by atoms with Crippen molar-refractivity contribution in [2.75, 3.05) is 13.1 Å². The predicted molar refractivity (Wildman–Crippen MR) is 62.7 cm³/mol. The summed E-state index contributed by atoms with van der Waals surface area (Å²) in [5.74, 6) is 2.56. The molecule has 0 aliphatic carbocycles. The maximum atomic E-state index is 5.15. The summed E-state index contributed by atoms with van der Waals surface area (Å²) in [5.41, 5.74) is 2.47. The molecule has 0 atom stereocenters. The summed E-state index contributed by atoms with van der Waals surface area (Å²) in [6.07, 6.45) is 7.18. The molecule has 0 radical (unpaired) electrons. The summed E-state index contributed by atoms with van der Waals surface area (Å²) in [6, 6.07) is 2.18. The second-order valence-corrected chi connectivity index (χ2v) is 3.44. The number of hydrogen-bond acceptors (Lipinski definition) is 2. The molecule has 0 fully saturated rings. The molecule has 0 unspecified atom stereocenters. The minimum atomic E-state index is 0.628. The molecule has 0 bridgehead atoms. The lowest BCUT2D eigenvalue weighted by Crippen LogP contribution is -2.21. The molecule has 0 spiro atoms. The second-order valence-electron chi connectivity index (χ2n) is 3.44. The molecule has 1 heterocycles. The number of hydrogen-bond donors (Lipinski definition) is 1. The first kappa shape index (κ1) is 11.8. The molecule has 1 aromatic rings. The lowest BCUT2D eigenvalue weighted by molar-refractivity contribution is 0.551. The van der Waals surface area contributed by atoms with Crippen molar-refractivity contribution in [1.82, 2.24) is 15.1 Å². The highest BCUT2D eigenvalue weighted by molar-refractivity contribution is 5.10. The summed E-state index contributed by atoms with van der Waals surface area (Å²) in [5, 5.41) is 7.69. The highest BCUT2D eigenvalue weighted by Crippen LogP contribution is 2.05. The number of rotatable bonds is 6. The van der Waals surface area contributed by atoms with Crippen molar-refractivity contribution in [3.63, 3.8) is 0 Å². The van der Waals surface area contributed by atoms with Gasteiger partial charge in [-0.05, 0) is 18.9 Å². The largest absolute Gasteiger partial charge is 0.304 e. The van der Waals surface area contributed by atoms with Crippen LogP contribution in [-0.2, 0) is 19.4 Å². The molecule has 82 valence electrons. The van der Waals surface area contributed by atoms with Gasteiger partial charge in [-0.3, -0.25) is 4.68 Å². The minimum absolute atomic E-state index is 0.628. The van der Waals surface area contributed by atoms with Crippen LogP contribution in [0.3, 0.4) is 0 Å². The third-order valence-electron chi connectivity index (χ3n) is 2.37. The molecule has 1 N–H and O–H groups in total. The van der Waals surface area contributed by atoms with Crippen LogP contribution in [0.15, 0.2) is 6.07 Å². The van der Waals surface area contributed by atoms with Crippen molar-refractivity contribution < 1.29 is 0 Å². The molecule has 3 nitrogen and oxygen atoms in total. The molecule has 0 aliphatic rings. The fourth-order valence-corrected chi connectivity index (χ4v) is 1.51. The maximum Gasteiger partial charge on any atom is 0.0624 e. The van der Waals surface area contributed by atoms with Crippen molar-refractivity contribution in [2.45, 2.75) is 33.2 Å². The van der Waals surface area contributed by atoms with E-state index in [2.05, 4.69) is 40.9 Å². The number of aromatic nitrogens is 2. The Labute approximate surface area is 91.9 Å². The van der Waals surface area contributed by atoms with Crippen molar-refractivity contribution in [3.8, 4) is 12.3 Å². The van der Waals surface area contributed by atoms with Gasteiger partial charge >= 0.3 is 0 Å². The smallest absolute Gasteiger partial charge is 0.0624 e. The first-order valence-electron chi connectivity index (χ1n) is 5.51. The van der Waals surface area contributed by atoms with Crippen molar-refractivity contribution >= 4 is 0 Å². The van der Waals surface area contributed by atoms with Gasteiger partial charge in [0.15, 0.2) is 0 Å². The lowest BCUT2D eigenvalue weighted by atomic mass is 10.3. The Hall–Kier alpha value is -1.27. The summed E-state index contributed by atoms with van der Waals surface area (Å²) in [6.45, 7) is 6.68. The van der Waals surface area contributed by atoms with Gasteiger partial charge in [-0.15, -0.1) is 6.42 Å². The minimum Gasteiger partial charge on any atom is -0.304 e. The lowest BCUT2D eigenvalue weighted by Gasteiger charge is -2.05. The van der Waals surface area contributed by atoms with E-state index >= 15 is 0 Å². The van der Waals surface area contributed by atoms with Gasteiger partial charge in [0.1, 0.15) is 0 Å². The first-order valence-corrected chi connectivity index (χ1v) is 5.51. The Kier molecular flexibility index (Phi) is 4.92. The van der Waals surface area contributed by atoms with E-state index < -0.39 is 0 Å². The number of nitrogens with one attached hydrogen (secondary N) is 1. The van der Waals surface area contributed by atoms with Crippen molar-refractivity contribution in [1.29, 1.82) is 0 Å². The van der Waals surface area contributed by atoms with Crippen LogP contribution in [-0.4, -0.2) is 22.9 Å². The van der Waals surface area contributed by atoms with Gasteiger partial charge in [0.05, 0.1) is 18.8 Å². The van der Waals surface area contributed by atoms with Crippen LogP contribution in [0.5, 0.6) is 0 Å². The summed E-state index contributed by atoms with van der Waals surface area (Å²) in [4.78, 5) is 0. The zero-order valence-electron chi connectivity index (χ0n) is 9.58. The zero-order chi connectivity index (χ0) is 11.1. The topological polar surface area (TPSA) is 29.9 Å². The van der Waals surface area contributed by atoms with Gasteiger partial charge in [-0.25, -0.2) is 0 Å². The van der Waals surface area contributed by atoms with Crippen LogP contribution in [0, 0.1) is 12.3 Å². The fraction of sp³-hybridized carbons (Fsp3) is 0.583. The van der Waals surface area contributed by atoms with Crippen molar-refractivity contribution in [2.24, 2.45) is 0 Å². The van der Waals surface area contributed by atoms with Gasteiger partial charge in [-0.1, -0.05) is 19.8 Å². The van der Waals surface area contributed by atoms with Crippen LogP contribution in [0.1, 0.15) is 25.2 Å². The molecule has 1 rings (SSSR count). The average molecular weight is 205 g/mol. The molecular formula is C12H19N3. The van der Waals surface area contributed by atoms with Crippen LogP contribution in [0.4, 0.5) is 0 Å². The van der Waals surface area contributed by atoms with Gasteiger partial charge in [0.2, 0.25) is 0 Å². The maximum absolute atomic E-state index is 5.15. The van der Waals surface area contributed by atoms with Gasteiger partial charge in [-0.2, -0.15) is 5.10 Å². The van der Waals surface area contributed by atoms with E-state index in [0.29, 0.717) is 6.54 Å². The third kappa shape index (κ3) is 3.41. The van der Waals surface area contributed by atoms with Crippen LogP contribution in [0.25, 0.3) is 0 Å². The first-order chi connectivity index (χ1) is 7.31. The Morgan fingerprint density at radius 2 is 2.27 bits per heavy atom. The number of aryl methyl sites for hydroxylation is 2. The highest BCUT2D eigenvalue weighted by Gasteiger charge is 2.03. The SMILES string of the molecule is C#CCNCCn1nc(CC)cc1CC. The highest BCUT2D eigenvalue weighted by atomic mass is 15.3. The Morgan fingerprint density at radius 1 is 1.47 bits per heavy atom. The molecule has 15 heavy (non-hydrogen) atoms. The molecule has 3 heteroatoms. The summed E-state index contributed by atoms with van der Waals surface area (Å²) >= 11 is 0. The monoisotopic (exact) mass is 205 g/mol. The van der Waals surface area contributed by atoms with E-state index in [-0.39, 0.29) is 0 Å². The van der Waals surface area contributed by atoms with E-state index in [4.69, 9.17) is 6.42 Å². The zero-order valence-corrected chi connectivity index (χ0v) is 9.58. The average Bonchev–Trinajstić information content (AvgIpc) is 2.67. The molecular weight excluding hydrogens is 186 g/mol. The van der Waals surface area contributed by atoms with Gasteiger partial charge < -0.3 is 5.32 Å². The van der Waals surface area contributed by atoms with Crippen LogP contribution < -0.4 is 5.32 Å². The normalized spacial score (nSPS) is 10.2. The second kappa shape index (κ2) is 6.26. The molecule has 0 aliphatic heterocycles. The molecule has 1 aromatic heterocycles. The van der Waals surface area contributed by atoms with E-state index in [9.17, 15) is 0 Å². The fourth-order valence-electron chi connectivity index (χ4n) is 1.51. The van der Waals surface area contributed by atoms with E-state index in [1.807, 2.05) is 0 Å². The third-order valence-corrected chi connectivity index (χ3v) is 2.37. The standard InChI is InChI=1S/C12H19N3/c1-4-7-13-8-9-15-12(6-3)10-11(5-2)14-15/h1,10,13H,5-9H2,2-3H3. The van der Waals surface area contributed by atoms with Crippen molar-refractivity contribution in [3.05, 3.63) is 17.5 Å². The van der Waals surface area contributed by atoms with Gasteiger partial charge in [0, 0.05) is 12.2 Å².